The molecule has 0 saturated carbocycles. The van der Waals surface area contributed by atoms with Crippen molar-refractivity contribution in [3.05, 3.63) is 12.4 Å². The van der Waals surface area contributed by atoms with Crippen LogP contribution in [0.5, 0.6) is 0 Å². The molecule has 2 saturated heterocycles. The summed E-state index contributed by atoms with van der Waals surface area (Å²) in [7, 11) is 1.85. The zero-order valence-corrected chi connectivity index (χ0v) is 12.8. The maximum absolute atomic E-state index is 12.1. The number of anilines is 1. The van der Waals surface area contributed by atoms with Gasteiger partial charge in [0.1, 0.15) is 0 Å². The van der Waals surface area contributed by atoms with Crippen molar-refractivity contribution < 1.29 is 4.79 Å². The number of hydrogen-bond acceptors (Lipinski definition) is 4. The first kappa shape index (κ1) is 14.5. The van der Waals surface area contributed by atoms with E-state index in [4.69, 9.17) is 0 Å². The van der Waals surface area contributed by atoms with E-state index in [1.807, 2.05) is 13.2 Å². The van der Waals surface area contributed by atoms with Gasteiger partial charge < -0.3 is 5.32 Å². The van der Waals surface area contributed by atoms with E-state index in [9.17, 15) is 4.79 Å². The summed E-state index contributed by atoms with van der Waals surface area (Å²) in [4.78, 5) is 17.0. The molecular formula is C15H25N5O. The summed E-state index contributed by atoms with van der Waals surface area (Å²) < 4.78 is 1.69. The van der Waals surface area contributed by atoms with Crippen molar-refractivity contribution in [1.29, 1.82) is 0 Å². The van der Waals surface area contributed by atoms with Crippen molar-refractivity contribution in [3.63, 3.8) is 0 Å². The zero-order valence-electron chi connectivity index (χ0n) is 12.8. The van der Waals surface area contributed by atoms with Gasteiger partial charge in [-0.25, -0.2) is 0 Å². The molecule has 1 aromatic heterocycles. The van der Waals surface area contributed by atoms with Gasteiger partial charge in [0.2, 0.25) is 5.91 Å². The molecule has 0 aromatic carbocycles. The lowest BCUT2D eigenvalue weighted by Gasteiger charge is -2.37. The van der Waals surface area contributed by atoms with Gasteiger partial charge in [-0.05, 0) is 45.3 Å². The van der Waals surface area contributed by atoms with Crippen molar-refractivity contribution in [1.82, 2.24) is 19.6 Å². The maximum Gasteiger partial charge on any atom is 0.238 e. The van der Waals surface area contributed by atoms with Crippen molar-refractivity contribution in [3.8, 4) is 0 Å². The molecule has 21 heavy (non-hydrogen) atoms. The predicted molar refractivity (Wildman–Crippen MR) is 82.1 cm³/mol. The van der Waals surface area contributed by atoms with E-state index in [0.29, 0.717) is 12.6 Å². The molecule has 2 aliphatic heterocycles. The van der Waals surface area contributed by atoms with Crippen LogP contribution in [0.3, 0.4) is 0 Å². The SMILES string of the molecule is Cn1cc(NC(=O)CN2CCC[C@@H](N3CCCC3)C2)cn1. The van der Waals surface area contributed by atoms with Gasteiger partial charge in [0.05, 0.1) is 18.4 Å². The Morgan fingerprint density at radius 1 is 1.33 bits per heavy atom. The Morgan fingerprint density at radius 2 is 2.14 bits per heavy atom. The Hall–Kier alpha value is -1.40. The predicted octanol–water partition coefficient (Wildman–Crippen LogP) is 0.919. The van der Waals surface area contributed by atoms with Crippen LogP contribution in [0, 0.1) is 0 Å². The standard InChI is InChI=1S/C15H25N5O/c1-18-10-13(9-16-18)17-15(21)12-19-6-4-5-14(11-19)20-7-2-3-8-20/h9-10,14H,2-8,11-12H2,1H3,(H,17,21)/t14-/m1/s1. The highest BCUT2D eigenvalue weighted by atomic mass is 16.2. The molecule has 116 valence electrons. The van der Waals surface area contributed by atoms with Crippen LogP contribution in [-0.2, 0) is 11.8 Å². The minimum absolute atomic E-state index is 0.0603. The third-order valence-electron chi connectivity index (χ3n) is 4.49. The van der Waals surface area contributed by atoms with E-state index in [2.05, 4.69) is 20.2 Å². The highest BCUT2D eigenvalue weighted by Gasteiger charge is 2.27. The summed E-state index contributed by atoms with van der Waals surface area (Å²) in [6, 6.07) is 0.646. The first-order chi connectivity index (χ1) is 10.2. The molecule has 2 fully saturated rings. The van der Waals surface area contributed by atoms with Crippen molar-refractivity contribution in [2.45, 2.75) is 31.7 Å². The molecule has 2 aliphatic rings. The van der Waals surface area contributed by atoms with Crippen LogP contribution < -0.4 is 5.32 Å². The number of nitrogens with one attached hydrogen (secondary N) is 1. The van der Waals surface area contributed by atoms with E-state index in [-0.39, 0.29) is 5.91 Å². The molecule has 0 aliphatic carbocycles. The van der Waals surface area contributed by atoms with Gasteiger partial charge in [0.25, 0.3) is 0 Å². The third-order valence-corrected chi connectivity index (χ3v) is 4.49. The highest BCUT2D eigenvalue weighted by molar-refractivity contribution is 5.91. The van der Waals surface area contributed by atoms with Gasteiger partial charge in [0.15, 0.2) is 0 Å². The summed E-state index contributed by atoms with van der Waals surface area (Å²) in [5, 5.41) is 6.98. The topological polar surface area (TPSA) is 53.4 Å². The van der Waals surface area contributed by atoms with Crippen molar-refractivity contribution in [2.24, 2.45) is 7.05 Å². The van der Waals surface area contributed by atoms with Crippen LogP contribution in [0.4, 0.5) is 5.69 Å². The zero-order chi connectivity index (χ0) is 14.7. The van der Waals surface area contributed by atoms with Crippen LogP contribution >= 0.6 is 0 Å². The molecule has 0 unspecified atom stereocenters. The third kappa shape index (κ3) is 3.83. The number of hydrogen-bond donors (Lipinski definition) is 1. The van der Waals surface area contributed by atoms with Crippen molar-refractivity contribution in [2.75, 3.05) is 38.0 Å². The number of rotatable bonds is 4. The van der Waals surface area contributed by atoms with Gasteiger partial charge in [-0.15, -0.1) is 0 Å². The molecule has 1 atom stereocenters. The fourth-order valence-electron chi connectivity index (χ4n) is 3.47. The van der Waals surface area contributed by atoms with E-state index in [0.717, 1.165) is 18.8 Å². The Bertz CT molecular complexity index is 480. The number of carbonyl (C=O) groups is 1. The second kappa shape index (κ2) is 6.58. The molecule has 6 heteroatoms. The lowest BCUT2D eigenvalue weighted by atomic mass is 10.0. The van der Waals surface area contributed by atoms with E-state index < -0.39 is 0 Å². The second-order valence-electron chi connectivity index (χ2n) is 6.23. The summed E-state index contributed by atoms with van der Waals surface area (Å²) in [5.41, 5.74) is 0.774. The van der Waals surface area contributed by atoms with Crippen molar-refractivity contribution >= 4 is 11.6 Å². The first-order valence-corrected chi connectivity index (χ1v) is 7.95. The minimum Gasteiger partial charge on any atom is -0.322 e. The van der Waals surface area contributed by atoms with E-state index in [1.165, 1.54) is 38.8 Å². The minimum atomic E-state index is 0.0603. The summed E-state index contributed by atoms with van der Waals surface area (Å²) in [6.07, 6.45) is 8.64. The molecule has 3 rings (SSSR count). The Morgan fingerprint density at radius 3 is 2.86 bits per heavy atom. The highest BCUT2D eigenvalue weighted by Crippen LogP contribution is 2.20. The number of aromatic nitrogens is 2. The number of aryl methyl sites for hydroxylation is 1. The maximum atomic E-state index is 12.1. The van der Waals surface area contributed by atoms with Gasteiger partial charge >= 0.3 is 0 Å². The fraction of sp³-hybridized carbons (Fsp3) is 0.733. The first-order valence-electron chi connectivity index (χ1n) is 7.95. The molecule has 3 heterocycles. The summed E-state index contributed by atoms with van der Waals surface area (Å²) in [5.74, 6) is 0.0603. The second-order valence-corrected chi connectivity index (χ2v) is 6.23. The fourth-order valence-corrected chi connectivity index (χ4v) is 3.47. The molecule has 6 nitrogen and oxygen atoms in total. The molecule has 0 bridgehead atoms. The average molecular weight is 291 g/mol. The molecule has 1 aromatic rings. The van der Waals surface area contributed by atoms with E-state index in [1.54, 1.807) is 10.9 Å². The summed E-state index contributed by atoms with van der Waals surface area (Å²) >= 11 is 0. The summed E-state index contributed by atoms with van der Waals surface area (Å²) in [6.45, 7) is 5.02. The van der Waals surface area contributed by atoms with Gasteiger partial charge in [0, 0.05) is 25.8 Å². The Balaban J connectivity index is 1.48. The molecule has 0 radical (unpaired) electrons. The van der Waals surface area contributed by atoms with Gasteiger partial charge in [-0.2, -0.15) is 5.10 Å². The number of piperidine rings is 1. The largest absolute Gasteiger partial charge is 0.322 e. The molecular weight excluding hydrogens is 266 g/mol. The molecule has 0 spiro atoms. The Kier molecular flexibility index (Phi) is 4.55. The number of carbonyl (C=O) groups excluding carboxylic acids is 1. The smallest absolute Gasteiger partial charge is 0.238 e. The lowest BCUT2D eigenvalue weighted by Crippen LogP contribution is -2.48. The van der Waals surface area contributed by atoms with Crippen LogP contribution in [0.25, 0.3) is 0 Å². The lowest BCUT2D eigenvalue weighted by molar-refractivity contribution is -0.117. The van der Waals surface area contributed by atoms with Gasteiger partial charge in [-0.1, -0.05) is 0 Å². The molecule has 1 N–H and O–H groups in total. The number of likely N-dealkylation sites (tertiary alicyclic amines) is 2. The Labute approximate surface area is 126 Å². The monoisotopic (exact) mass is 291 g/mol. The van der Waals surface area contributed by atoms with Crippen LogP contribution in [0.15, 0.2) is 12.4 Å². The van der Waals surface area contributed by atoms with E-state index >= 15 is 0 Å². The number of nitrogens with zero attached hydrogens (tertiary/aromatic N) is 4. The van der Waals surface area contributed by atoms with Crippen LogP contribution in [0.1, 0.15) is 25.7 Å². The van der Waals surface area contributed by atoms with Gasteiger partial charge in [-0.3, -0.25) is 19.3 Å². The normalized spacial score (nSPS) is 24.3. The quantitative estimate of drug-likeness (QED) is 0.896. The van der Waals surface area contributed by atoms with Crippen LogP contribution in [-0.4, -0.2) is 64.3 Å². The number of amides is 1. The van der Waals surface area contributed by atoms with Crippen LogP contribution in [0.2, 0.25) is 0 Å². The molecule has 1 amide bonds. The average Bonchev–Trinajstić information content (AvgIpc) is 3.11.